The number of carbonyl (C=O) groups is 1. The molecule has 0 N–H and O–H groups in total. The van der Waals surface area contributed by atoms with Crippen LogP contribution < -0.4 is 0 Å². The third-order valence-corrected chi connectivity index (χ3v) is 3.87. The average Bonchev–Trinajstić information content (AvgIpc) is 2.54. The number of aromatic nitrogens is 1. The van der Waals surface area contributed by atoms with Crippen LogP contribution in [0.2, 0.25) is 0 Å². The van der Waals surface area contributed by atoms with Crippen LogP contribution in [-0.4, -0.2) is 22.3 Å². The van der Waals surface area contributed by atoms with Gasteiger partial charge in [-0.05, 0) is 35.6 Å². The summed E-state index contributed by atoms with van der Waals surface area (Å²) in [4.78, 5) is 18.6. The fraction of sp³-hybridized carbons (Fsp3) is 0.294. The molecule has 2 heterocycles. The van der Waals surface area contributed by atoms with E-state index in [4.69, 9.17) is 0 Å². The second-order valence-corrected chi connectivity index (χ2v) is 5.15. The van der Waals surface area contributed by atoms with Crippen LogP contribution in [0.15, 0.2) is 42.6 Å². The minimum absolute atomic E-state index is 0.0298. The van der Waals surface area contributed by atoms with E-state index in [1.165, 1.54) is 11.1 Å². The molecular weight excluding hydrogens is 248 g/mol. The molecule has 2 aromatic rings. The molecule has 1 aliphatic rings. The first-order chi connectivity index (χ1) is 9.78. The summed E-state index contributed by atoms with van der Waals surface area (Å²) in [6.07, 6.45) is 3.67. The molecule has 102 valence electrons. The van der Waals surface area contributed by atoms with E-state index in [-0.39, 0.29) is 5.91 Å². The second kappa shape index (κ2) is 5.45. The third kappa shape index (κ3) is 2.44. The van der Waals surface area contributed by atoms with Gasteiger partial charge in [-0.25, -0.2) is 0 Å². The number of nitrogens with zero attached hydrogens (tertiary/aromatic N) is 2. The molecule has 20 heavy (non-hydrogen) atoms. The Hall–Kier alpha value is -2.16. The first-order valence-corrected chi connectivity index (χ1v) is 7.09. The molecule has 3 nitrogen and oxygen atoms in total. The van der Waals surface area contributed by atoms with Gasteiger partial charge in [-0.2, -0.15) is 0 Å². The Morgan fingerprint density at radius 1 is 1.20 bits per heavy atom. The number of hydrogen-bond acceptors (Lipinski definition) is 2. The predicted molar refractivity (Wildman–Crippen MR) is 78.5 cm³/mol. The molecule has 0 saturated carbocycles. The molecular formula is C17H18N2O. The first kappa shape index (κ1) is 12.9. The van der Waals surface area contributed by atoms with Crippen LogP contribution in [0.1, 0.15) is 34.1 Å². The van der Waals surface area contributed by atoms with Gasteiger partial charge in [0.05, 0.1) is 0 Å². The molecule has 0 radical (unpaired) electrons. The van der Waals surface area contributed by atoms with Crippen molar-refractivity contribution in [1.82, 2.24) is 9.88 Å². The van der Waals surface area contributed by atoms with Gasteiger partial charge in [0.2, 0.25) is 0 Å². The van der Waals surface area contributed by atoms with Crippen molar-refractivity contribution in [3.05, 3.63) is 65.0 Å². The number of hydrogen-bond donors (Lipinski definition) is 0. The molecule has 1 aromatic carbocycles. The van der Waals surface area contributed by atoms with Crippen molar-refractivity contribution in [2.45, 2.75) is 26.3 Å². The lowest BCUT2D eigenvalue weighted by Gasteiger charge is -2.28. The summed E-state index contributed by atoms with van der Waals surface area (Å²) in [7, 11) is 0. The molecule has 3 heteroatoms. The number of fused-ring (bicyclic) bond motifs is 1. The van der Waals surface area contributed by atoms with Crippen molar-refractivity contribution in [3.8, 4) is 0 Å². The number of pyridine rings is 1. The Morgan fingerprint density at radius 3 is 2.70 bits per heavy atom. The summed E-state index contributed by atoms with van der Waals surface area (Å²) >= 11 is 0. The number of amides is 1. The fourth-order valence-electron chi connectivity index (χ4n) is 2.59. The number of carbonyl (C=O) groups excluding carboxylic acids is 1. The summed E-state index contributed by atoms with van der Waals surface area (Å²) in [5.74, 6) is 0.0298. The minimum atomic E-state index is 0.0298. The molecule has 0 unspecified atom stereocenters. The van der Waals surface area contributed by atoms with Crippen LogP contribution in [-0.2, 0) is 19.4 Å². The average molecular weight is 266 g/mol. The van der Waals surface area contributed by atoms with Crippen LogP contribution in [0.3, 0.4) is 0 Å². The number of benzene rings is 1. The summed E-state index contributed by atoms with van der Waals surface area (Å²) in [6, 6.07) is 12.1. The third-order valence-electron chi connectivity index (χ3n) is 3.87. The number of rotatable bonds is 2. The SMILES string of the molecule is CCc1ccc(C(=O)N2CCc3ccccc3C2)nc1. The van der Waals surface area contributed by atoms with Gasteiger partial charge in [0, 0.05) is 19.3 Å². The summed E-state index contributed by atoms with van der Waals surface area (Å²) in [5.41, 5.74) is 4.30. The Morgan fingerprint density at radius 2 is 2.00 bits per heavy atom. The van der Waals surface area contributed by atoms with Crippen molar-refractivity contribution in [2.75, 3.05) is 6.54 Å². The summed E-state index contributed by atoms with van der Waals surface area (Å²) in [5, 5.41) is 0. The lowest BCUT2D eigenvalue weighted by atomic mass is 10.00. The van der Waals surface area contributed by atoms with Gasteiger partial charge in [-0.1, -0.05) is 37.3 Å². The van der Waals surface area contributed by atoms with Crippen molar-refractivity contribution < 1.29 is 4.79 Å². The van der Waals surface area contributed by atoms with Crippen molar-refractivity contribution in [3.63, 3.8) is 0 Å². The molecule has 3 rings (SSSR count). The van der Waals surface area contributed by atoms with E-state index in [9.17, 15) is 4.79 Å². The smallest absolute Gasteiger partial charge is 0.272 e. The molecule has 1 aromatic heterocycles. The van der Waals surface area contributed by atoms with Crippen molar-refractivity contribution >= 4 is 5.91 Å². The highest BCUT2D eigenvalue weighted by atomic mass is 16.2. The van der Waals surface area contributed by atoms with Crippen molar-refractivity contribution in [1.29, 1.82) is 0 Å². The molecule has 0 spiro atoms. The van der Waals surface area contributed by atoms with E-state index < -0.39 is 0 Å². The summed E-state index contributed by atoms with van der Waals surface area (Å²) in [6.45, 7) is 3.54. The van der Waals surface area contributed by atoms with Crippen LogP contribution in [0.25, 0.3) is 0 Å². The molecule has 1 amide bonds. The van der Waals surface area contributed by atoms with E-state index in [0.29, 0.717) is 12.2 Å². The fourth-order valence-corrected chi connectivity index (χ4v) is 2.59. The van der Waals surface area contributed by atoms with E-state index in [0.717, 1.165) is 24.9 Å². The van der Waals surface area contributed by atoms with Gasteiger partial charge in [-0.15, -0.1) is 0 Å². The zero-order valence-corrected chi connectivity index (χ0v) is 11.7. The second-order valence-electron chi connectivity index (χ2n) is 5.15. The monoisotopic (exact) mass is 266 g/mol. The largest absolute Gasteiger partial charge is 0.333 e. The highest BCUT2D eigenvalue weighted by molar-refractivity contribution is 5.92. The molecule has 0 bridgehead atoms. The van der Waals surface area contributed by atoms with Gasteiger partial charge in [0.15, 0.2) is 0 Å². The summed E-state index contributed by atoms with van der Waals surface area (Å²) < 4.78 is 0. The van der Waals surface area contributed by atoms with Crippen LogP contribution in [0.4, 0.5) is 0 Å². The van der Waals surface area contributed by atoms with Gasteiger partial charge in [0.1, 0.15) is 5.69 Å². The predicted octanol–water partition coefficient (Wildman–Crippen LogP) is 2.84. The van der Waals surface area contributed by atoms with E-state index in [1.54, 1.807) is 6.20 Å². The Bertz CT molecular complexity index is 619. The van der Waals surface area contributed by atoms with E-state index in [2.05, 4.69) is 30.1 Å². The zero-order valence-electron chi connectivity index (χ0n) is 11.7. The van der Waals surface area contributed by atoms with Gasteiger partial charge in [-0.3, -0.25) is 9.78 Å². The molecule has 0 saturated heterocycles. The van der Waals surface area contributed by atoms with Gasteiger partial charge < -0.3 is 4.90 Å². The lowest BCUT2D eigenvalue weighted by molar-refractivity contribution is 0.0728. The maximum absolute atomic E-state index is 12.5. The van der Waals surface area contributed by atoms with Crippen LogP contribution in [0.5, 0.6) is 0 Å². The van der Waals surface area contributed by atoms with Gasteiger partial charge >= 0.3 is 0 Å². The van der Waals surface area contributed by atoms with Crippen LogP contribution in [0, 0.1) is 0 Å². The van der Waals surface area contributed by atoms with E-state index in [1.807, 2.05) is 23.1 Å². The quantitative estimate of drug-likeness (QED) is 0.837. The van der Waals surface area contributed by atoms with E-state index >= 15 is 0 Å². The highest BCUT2D eigenvalue weighted by Gasteiger charge is 2.22. The minimum Gasteiger partial charge on any atom is -0.333 e. The van der Waals surface area contributed by atoms with Gasteiger partial charge in [0.25, 0.3) is 5.91 Å². The normalized spacial score (nSPS) is 13.9. The highest BCUT2D eigenvalue weighted by Crippen LogP contribution is 2.19. The molecule has 1 aliphatic heterocycles. The maximum atomic E-state index is 12.5. The molecule has 0 aliphatic carbocycles. The zero-order chi connectivity index (χ0) is 13.9. The molecule has 0 atom stereocenters. The first-order valence-electron chi connectivity index (χ1n) is 7.09. The Kier molecular flexibility index (Phi) is 3.50. The van der Waals surface area contributed by atoms with Crippen LogP contribution >= 0.6 is 0 Å². The standard InChI is InChI=1S/C17H18N2O/c1-2-13-7-8-16(18-11-13)17(20)19-10-9-14-5-3-4-6-15(14)12-19/h3-8,11H,2,9-10,12H2,1H3. The number of aryl methyl sites for hydroxylation is 1. The Balaban J connectivity index is 1.78. The van der Waals surface area contributed by atoms with Crippen molar-refractivity contribution in [2.24, 2.45) is 0 Å². The topological polar surface area (TPSA) is 33.2 Å². The Labute approximate surface area is 119 Å². The lowest BCUT2D eigenvalue weighted by Crippen LogP contribution is -2.36. The maximum Gasteiger partial charge on any atom is 0.272 e. The molecule has 0 fully saturated rings.